The van der Waals surface area contributed by atoms with Crippen molar-refractivity contribution in [1.29, 1.82) is 0 Å². The molecule has 1 aromatic rings. The number of nitro groups is 2. The van der Waals surface area contributed by atoms with Crippen molar-refractivity contribution in [2.24, 2.45) is 0 Å². The lowest BCUT2D eigenvalue weighted by Crippen LogP contribution is -2.07. The molecule has 8 nitrogen and oxygen atoms in total. The molecule has 0 aromatic heterocycles. The predicted molar refractivity (Wildman–Crippen MR) is 59.7 cm³/mol. The lowest BCUT2D eigenvalue weighted by molar-refractivity contribution is -0.423. The molecule has 0 amide bonds. The number of hydrogen-bond donors (Lipinski definition) is 0. The van der Waals surface area contributed by atoms with E-state index in [1.165, 1.54) is 19.1 Å². The molecule has 1 heterocycles. The van der Waals surface area contributed by atoms with Crippen LogP contribution in [0.1, 0.15) is 5.56 Å². The number of nitro benzene ring substituents is 2. The van der Waals surface area contributed by atoms with Gasteiger partial charge in [0.25, 0.3) is 0 Å². The Morgan fingerprint density at radius 3 is 2.44 bits per heavy atom. The number of epoxide rings is 1. The molecular formula is C10H10N2O6. The normalized spacial score (nSPS) is 17.3. The van der Waals surface area contributed by atoms with E-state index in [0.717, 1.165) is 0 Å². The minimum Gasteiger partial charge on any atom is -0.484 e. The van der Waals surface area contributed by atoms with Crippen molar-refractivity contribution in [3.05, 3.63) is 37.9 Å². The third kappa shape index (κ3) is 2.38. The first kappa shape index (κ1) is 12.2. The Balaban J connectivity index is 2.40. The summed E-state index contributed by atoms with van der Waals surface area (Å²) < 4.78 is 10.1. The second kappa shape index (κ2) is 4.57. The predicted octanol–water partition coefficient (Wildman–Crippen LogP) is 1.59. The SMILES string of the molecule is Cc1ccc(OCC2CO2)c([N+](=O)[O-])c1[N+](=O)[O-]. The van der Waals surface area contributed by atoms with Crippen molar-refractivity contribution < 1.29 is 19.3 Å². The lowest BCUT2D eigenvalue weighted by atomic mass is 10.1. The Kier molecular flexibility index (Phi) is 3.11. The highest BCUT2D eigenvalue weighted by molar-refractivity contribution is 5.65. The molecule has 1 aromatic carbocycles. The minimum absolute atomic E-state index is 0.0787. The molecule has 8 heteroatoms. The Hall–Kier alpha value is -2.22. The van der Waals surface area contributed by atoms with Gasteiger partial charge in [0.2, 0.25) is 5.75 Å². The molecule has 0 saturated carbocycles. The van der Waals surface area contributed by atoms with Gasteiger partial charge in [0.15, 0.2) is 0 Å². The molecule has 0 bridgehead atoms. The summed E-state index contributed by atoms with van der Waals surface area (Å²) in [5.74, 6) is -0.104. The maximum atomic E-state index is 10.9. The second-order valence-electron chi connectivity index (χ2n) is 3.86. The van der Waals surface area contributed by atoms with Crippen molar-refractivity contribution in [2.75, 3.05) is 13.2 Å². The maximum absolute atomic E-state index is 10.9. The smallest absolute Gasteiger partial charge is 0.387 e. The van der Waals surface area contributed by atoms with Crippen LogP contribution in [0.25, 0.3) is 0 Å². The van der Waals surface area contributed by atoms with Gasteiger partial charge in [0.1, 0.15) is 12.7 Å². The van der Waals surface area contributed by atoms with E-state index in [9.17, 15) is 20.2 Å². The molecule has 1 atom stereocenters. The first-order valence-corrected chi connectivity index (χ1v) is 5.17. The molecule has 1 saturated heterocycles. The van der Waals surface area contributed by atoms with Crippen LogP contribution in [0.4, 0.5) is 11.4 Å². The van der Waals surface area contributed by atoms with Crippen LogP contribution in [0.15, 0.2) is 12.1 Å². The number of hydrogen-bond acceptors (Lipinski definition) is 6. The zero-order chi connectivity index (χ0) is 13.3. The zero-order valence-electron chi connectivity index (χ0n) is 9.49. The molecule has 1 aliphatic rings. The Morgan fingerprint density at radius 1 is 1.33 bits per heavy atom. The average Bonchev–Trinajstić information content (AvgIpc) is 3.10. The Bertz CT molecular complexity index is 511. The van der Waals surface area contributed by atoms with Crippen LogP contribution < -0.4 is 4.74 Å². The van der Waals surface area contributed by atoms with E-state index in [1.807, 2.05) is 0 Å². The number of benzene rings is 1. The van der Waals surface area contributed by atoms with E-state index in [0.29, 0.717) is 6.61 Å². The third-order valence-electron chi connectivity index (χ3n) is 2.51. The van der Waals surface area contributed by atoms with E-state index >= 15 is 0 Å². The summed E-state index contributed by atoms with van der Waals surface area (Å²) in [7, 11) is 0. The van der Waals surface area contributed by atoms with Crippen molar-refractivity contribution in [2.45, 2.75) is 13.0 Å². The molecule has 1 aliphatic heterocycles. The van der Waals surface area contributed by atoms with Crippen molar-refractivity contribution >= 4 is 11.4 Å². The van der Waals surface area contributed by atoms with Gasteiger partial charge < -0.3 is 9.47 Å². The zero-order valence-corrected chi connectivity index (χ0v) is 9.49. The minimum atomic E-state index is -0.797. The maximum Gasteiger partial charge on any atom is 0.387 e. The van der Waals surface area contributed by atoms with Crippen LogP contribution >= 0.6 is 0 Å². The van der Waals surface area contributed by atoms with Gasteiger partial charge >= 0.3 is 11.4 Å². The monoisotopic (exact) mass is 254 g/mol. The molecular weight excluding hydrogens is 244 g/mol. The second-order valence-corrected chi connectivity index (χ2v) is 3.86. The van der Waals surface area contributed by atoms with Crippen LogP contribution in [-0.4, -0.2) is 29.2 Å². The molecule has 0 spiro atoms. The summed E-state index contributed by atoms with van der Waals surface area (Å²) in [5, 5.41) is 21.8. The van der Waals surface area contributed by atoms with Crippen LogP contribution in [0.3, 0.4) is 0 Å². The molecule has 18 heavy (non-hydrogen) atoms. The summed E-state index contributed by atoms with van der Waals surface area (Å²) in [5.41, 5.74) is -0.920. The topological polar surface area (TPSA) is 108 Å². The van der Waals surface area contributed by atoms with Gasteiger partial charge in [-0.15, -0.1) is 0 Å². The number of rotatable bonds is 5. The summed E-state index contributed by atoms with van der Waals surface area (Å²) in [6.45, 7) is 2.14. The molecule has 2 rings (SSSR count). The van der Waals surface area contributed by atoms with Crippen LogP contribution in [0.5, 0.6) is 5.75 Å². The highest BCUT2D eigenvalue weighted by Gasteiger charge is 2.33. The van der Waals surface area contributed by atoms with Crippen LogP contribution in [0, 0.1) is 27.2 Å². The largest absolute Gasteiger partial charge is 0.484 e. The van der Waals surface area contributed by atoms with Crippen molar-refractivity contribution in [1.82, 2.24) is 0 Å². The molecule has 0 radical (unpaired) electrons. The quantitative estimate of drug-likeness (QED) is 0.448. The highest BCUT2D eigenvalue weighted by atomic mass is 16.6. The van der Waals surface area contributed by atoms with E-state index < -0.39 is 21.2 Å². The van der Waals surface area contributed by atoms with E-state index in [-0.39, 0.29) is 24.0 Å². The summed E-state index contributed by atoms with van der Waals surface area (Å²) in [6, 6.07) is 2.79. The van der Waals surface area contributed by atoms with E-state index in [4.69, 9.17) is 9.47 Å². The van der Waals surface area contributed by atoms with Gasteiger partial charge in [-0.1, -0.05) is 0 Å². The van der Waals surface area contributed by atoms with Crippen molar-refractivity contribution in [3.8, 4) is 5.75 Å². The van der Waals surface area contributed by atoms with Gasteiger partial charge in [-0.2, -0.15) is 0 Å². The number of nitrogens with zero attached hydrogens (tertiary/aromatic N) is 2. The summed E-state index contributed by atoms with van der Waals surface area (Å²) in [4.78, 5) is 20.3. The van der Waals surface area contributed by atoms with Crippen LogP contribution in [0.2, 0.25) is 0 Å². The Labute approximate surface area is 101 Å². The summed E-state index contributed by atoms with van der Waals surface area (Å²) in [6.07, 6.45) is -0.0787. The summed E-state index contributed by atoms with van der Waals surface area (Å²) >= 11 is 0. The van der Waals surface area contributed by atoms with Crippen molar-refractivity contribution in [3.63, 3.8) is 0 Å². The first-order chi connectivity index (χ1) is 8.50. The van der Waals surface area contributed by atoms with Crippen LogP contribution in [-0.2, 0) is 4.74 Å². The third-order valence-corrected chi connectivity index (χ3v) is 2.51. The molecule has 96 valence electrons. The lowest BCUT2D eigenvalue weighted by Gasteiger charge is -2.06. The van der Waals surface area contributed by atoms with Gasteiger partial charge in [-0.25, -0.2) is 0 Å². The Morgan fingerprint density at radius 2 is 1.94 bits per heavy atom. The molecule has 1 unspecified atom stereocenters. The van der Waals surface area contributed by atoms with Gasteiger partial charge in [-0.3, -0.25) is 20.2 Å². The highest BCUT2D eigenvalue weighted by Crippen LogP contribution is 2.39. The number of aryl methyl sites for hydroxylation is 1. The molecule has 1 fully saturated rings. The number of ether oxygens (including phenoxy) is 2. The fourth-order valence-corrected chi connectivity index (χ4v) is 1.53. The average molecular weight is 254 g/mol. The van der Waals surface area contributed by atoms with E-state index in [1.54, 1.807) is 0 Å². The molecule has 0 aliphatic carbocycles. The van der Waals surface area contributed by atoms with Gasteiger partial charge in [-0.05, 0) is 19.1 Å². The van der Waals surface area contributed by atoms with Gasteiger partial charge in [0, 0.05) is 5.56 Å². The fraction of sp³-hybridized carbons (Fsp3) is 0.400. The molecule has 0 N–H and O–H groups in total. The standard InChI is InChI=1S/C10H10N2O6/c1-6-2-3-8(18-5-7-4-17-7)10(12(15)16)9(6)11(13)14/h2-3,7H,4-5H2,1H3. The van der Waals surface area contributed by atoms with Gasteiger partial charge in [0.05, 0.1) is 16.5 Å². The van der Waals surface area contributed by atoms with E-state index in [2.05, 4.69) is 0 Å². The first-order valence-electron chi connectivity index (χ1n) is 5.17. The fourth-order valence-electron chi connectivity index (χ4n) is 1.53.